The van der Waals surface area contributed by atoms with Gasteiger partial charge in [0.1, 0.15) is 0 Å². The van der Waals surface area contributed by atoms with Gasteiger partial charge in [-0.1, -0.05) is 31.2 Å². The minimum absolute atomic E-state index is 0.630. The van der Waals surface area contributed by atoms with Crippen LogP contribution in [-0.2, 0) is 6.54 Å². The van der Waals surface area contributed by atoms with Gasteiger partial charge in [-0.15, -0.1) is 0 Å². The lowest BCUT2D eigenvalue weighted by atomic mass is 9.90. The van der Waals surface area contributed by atoms with E-state index >= 15 is 0 Å². The number of nitrogens with zero attached hydrogens (tertiary/aromatic N) is 1. The summed E-state index contributed by atoms with van der Waals surface area (Å²) >= 11 is 1.95. The summed E-state index contributed by atoms with van der Waals surface area (Å²) in [6, 6.07) is 9.59. The zero-order valence-corrected chi connectivity index (χ0v) is 13.2. The van der Waals surface area contributed by atoms with E-state index in [-0.39, 0.29) is 0 Å². The normalized spacial score (nSPS) is 20.3. The van der Waals surface area contributed by atoms with Crippen molar-refractivity contribution in [1.82, 2.24) is 10.2 Å². The highest BCUT2D eigenvalue weighted by Crippen LogP contribution is 2.25. The molecule has 2 rings (SSSR count). The molecule has 19 heavy (non-hydrogen) atoms. The molecule has 0 saturated carbocycles. The number of hydrogen-bond donors (Lipinski definition) is 1. The molecule has 0 amide bonds. The van der Waals surface area contributed by atoms with Gasteiger partial charge in [0.2, 0.25) is 0 Å². The Kier molecular flexibility index (Phi) is 5.74. The number of benzene rings is 1. The maximum absolute atomic E-state index is 3.55. The first-order valence-corrected chi connectivity index (χ1v) is 8.63. The average Bonchev–Trinajstić information content (AvgIpc) is 2.45. The Hall–Kier alpha value is -0.510. The van der Waals surface area contributed by atoms with Crippen LogP contribution in [0.4, 0.5) is 0 Å². The van der Waals surface area contributed by atoms with E-state index in [1.54, 1.807) is 5.56 Å². The molecule has 0 fully saturated rings. The van der Waals surface area contributed by atoms with Crippen LogP contribution in [0.25, 0.3) is 0 Å². The Morgan fingerprint density at radius 2 is 2.21 bits per heavy atom. The van der Waals surface area contributed by atoms with Crippen LogP contribution in [0.5, 0.6) is 0 Å². The number of likely N-dealkylation sites (N-methyl/N-ethyl adjacent to an activating group) is 1. The SMILES string of the molecule is CCC(CSC)N(C)CC1CNCc2ccccc21. The van der Waals surface area contributed by atoms with Gasteiger partial charge in [-0.25, -0.2) is 0 Å². The van der Waals surface area contributed by atoms with Gasteiger partial charge in [0, 0.05) is 37.3 Å². The summed E-state index contributed by atoms with van der Waals surface area (Å²) in [5.74, 6) is 1.86. The summed E-state index contributed by atoms with van der Waals surface area (Å²) < 4.78 is 0. The molecule has 1 N–H and O–H groups in total. The van der Waals surface area contributed by atoms with Crippen LogP contribution in [-0.4, -0.2) is 43.1 Å². The Morgan fingerprint density at radius 1 is 1.42 bits per heavy atom. The lowest BCUT2D eigenvalue weighted by Crippen LogP contribution is -2.40. The van der Waals surface area contributed by atoms with Crippen molar-refractivity contribution in [3.63, 3.8) is 0 Å². The van der Waals surface area contributed by atoms with E-state index < -0.39 is 0 Å². The van der Waals surface area contributed by atoms with Gasteiger partial charge in [-0.2, -0.15) is 11.8 Å². The van der Waals surface area contributed by atoms with Crippen molar-refractivity contribution in [2.45, 2.75) is 31.8 Å². The van der Waals surface area contributed by atoms with Crippen molar-refractivity contribution in [3.05, 3.63) is 35.4 Å². The second-order valence-corrected chi connectivity index (χ2v) is 6.39. The molecule has 0 aromatic heterocycles. The maximum atomic E-state index is 3.55. The fourth-order valence-corrected chi connectivity index (χ4v) is 3.87. The van der Waals surface area contributed by atoms with Crippen molar-refractivity contribution in [2.75, 3.05) is 32.1 Å². The molecular formula is C16H26N2S. The fraction of sp³-hybridized carbons (Fsp3) is 0.625. The van der Waals surface area contributed by atoms with E-state index in [2.05, 4.69) is 54.7 Å². The quantitative estimate of drug-likeness (QED) is 0.861. The molecule has 1 aromatic carbocycles. The van der Waals surface area contributed by atoms with E-state index in [1.807, 2.05) is 11.8 Å². The molecule has 2 nitrogen and oxygen atoms in total. The maximum Gasteiger partial charge on any atom is 0.0208 e. The largest absolute Gasteiger partial charge is 0.312 e. The molecule has 3 heteroatoms. The molecule has 1 heterocycles. The number of fused-ring (bicyclic) bond motifs is 1. The molecule has 2 unspecified atom stereocenters. The number of thioether (sulfide) groups is 1. The number of nitrogens with one attached hydrogen (secondary N) is 1. The molecule has 0 radical (unpaired) electrons. The summed E-state index contributed by atoms with van der Waals surface area (Å²) in [6.07, 6.45) is 3.44. The summed E-state index contributed by atoms with van der Waals surface area (Å²) in [7, 11) is 2.28. The summed E-state index contributed by atoms with van der Waals surface area (Å²) in [4.78, 5) is 2.55. The lowest BCUT2D eigenvalue weighted by molar-refractivity contribution is 0.235. The van der Waals surface area contributed by atoms with Crippen LogP contribution in [0.15, 0.2) is 24.3 Å². The molecule has 2 atom stereocenters. The van der Waals surface area contributed by atoms with Gasteiger partial charge in [0.25, 0.3) is 0 Å². The monoisotopic (exact) mass is 278 g/mol. The van der Waals surface area contributed by atoms with E-state index in [1.165, 1.54) is 17.7 Å². The molecule has 0 aliphatic carbocycles. The van der Waals surface area contributed by atoms with Gasteiger partial charge < -0.3 is 10.2 Å². The van der Waals surface area contributed by atoms with Crippen LogP contribution >= 0.6 is 11.8 Å². The van der Waals surface area contributed by atoms with Gasteiger partial charge >= 0.3 is 0 Å². The van der Waals surface area contributed by atoms with Crippen molar-refractivity contribution in [1.29, 1.82) is 0 Å². The van der Waals surface area contributed by atoms with Crippen LogP contribution in [0, 0.1) is 0 Å². The molecule has 0 bridgehead atoms. The lowest BCUT2D eigenvalue weighted by Gasteiger charge is -2.33. The van der Waals surface area contributed by atoms with Crippen molar-refractivity contribution in [2.24, 2.45) is 0 Å². The first kappa shape index (κ1) is 14.9. The van der Waals surface area contributed by atoms with Gasteiger partial charge in [0.15, 0.2) is 0 Å². The second-order valence-electron chi connectivity index (χ2n) is 5.48. The van der Waals surface area contributed by atoms with Crippen LogP contribution in [0.1, 0.15) is 30.4 Å². The third-order valence-electron chi connectivity index (χ3n) is 4.16. The smallest absolute Gasteiger partial charge is 0.0208 e. The fourth-order valence-electron chi connectivity index (χ4n) is 2.99. The van der Waals surface area contributed by atoms with E-state index in [4.69, 9.17) is 0 Å². The number of rotatable bonds is 6. The predicted octanol–water partition coefficient (Wildman–Crippen LogP) is 2.95. The average molecular weight is 278 g/mol. The molecule has 0 saturated heterocycles. The Morgan fingerprint density at radius 3 is 2.95 bits per heavy atom. The second kappa shape index (κ2) is 7.32. The Balaban J connectivity index is 2.03. The first-order valence-electron chi connectivity index (χ1n) is 7.24. The van der Waals surface area contributed by atoms with Crippen LogP contribution in [0.3, 0.4) is 0 Å². The standard InChI is InChI=1S/C16H26N2S/c1-4-15(12-19-3)18(2)11-14-10-17-9-13-7-5-6-8-16(13)14/h5-8,14-15,17H,4,9-12H2,1-3H3. The van der Waals surface area contributed by atoms with Crippen molar-refractivity contribution >= 4 is 11.8 Å². The predicted molar refractivity (Wildman–Crippen MR) is 86.0 cm³/mol. The molecule has 1 aromatic rings. The summed E-state index contributed by atoms with van der Waals surface area (Å²) in [6.45, 7) is 5.59. The number of hydrogen-bond acceptors (Lipinski definition) is 3. The zero-order valence-electron chi connectivity index (χ0n) is 12.4. The third kappa shape index (κ3) is 3.74. The van der Waals surface area contributed by atoms with Crippen LogP contribution in [0.2, 0.25) is 0 Å². The van der Waals surface area contributed by atoms with Gasteiger partial charge in [-0.05, 0) is 30.9 Å². The molecule has 0 spiro atoms. The third-order valence-corrected chi connectivity index (χ3v) is 4.88. The molecule has 1 aliphatic heterocycles. The molecule has 1 aliphatic rings. The minimum atomic E-state index is 0.630. The highest BCUT2D eigenvalue weighted by atomic mass is 32.2. The van der Waals surface area contributed by atoms with Gasteiger partial charge in [-0.3, -0.25) is 0 Å². The molecular weight excluding hydrogens is 252 g/mol. The van der Waals surface area contributed by atoms with E-state index in [0.717, 1.165) is 19.6 Å². The highest BCUT2D eigenvalue weighted by molar-refractivity contribution is 7.98. The van der Waals surface area contributed by atoms with Crippen molar-refractivity contribution < 1.29 is 0 Å². The molecule has 106 valence electrons. The van der Waals surface area contributed by atoms with Gasteiger partial charge in [0.05, 0.1) is 0 Å². The topological polar surface area (TPSA) is 15.3 Å². The van der Waals surface area contributed by atoms with E-state index in [0.29, 0.717) is 12.0 Å². The van der Waals surface area contributed by atoms with Crippen molar-refractivity contribution in [3.8, 4) is 0 Å². The minimum Gasteiger partial charge on any atom is -0.312 e. The summed E-state index contributed by atoms with van der Waals surface area (Å²) in [5, 5.41) is 3.55. The highest BCUT2D eigenvalue weighted by Gasteiger charge is 2.23. The first-order chi connectivity index (χ1) is 9.26. The summed E-state index contributed by atoms with van der Waals surface area (Å²) in [5.41, 5.74) is 3.03. The Labute approximate surface area is 122 Å². The zero-order chi connectivity index (χ0) is 13.7. The Bertz CT molecular complexity index is 394. The van der Waals surface area contributed by atoms with E-state index in [9.17, 15) is 0 Å². The van der Waals surface area contributed by atoms with Crippen LogP contribution < -0.4 is 5.32 Å².